The first kappa shape index (κ1) is 19.1. The molecular formula is C23H29FO2. The van der Waals surface area contributed by atoms with Gasteiger partial charge in [-0.2, -0.15) is 0 Å². The fourth-order valence-corrected chi connectivity index (χ4v) is 3.37. The zero-order chi connectivity index (χ0) is 18.2. The molecule has 2 aromatic carbocycles. The van der Waals surface area contributed by atoms with Crippen LogP contribution in [0.5, 0.6) is 0 Å². The van der Waals surface area contributed by atoms with E-state index in [2.05, 4.69) is 31.2 Å². The Morgan fingerprint density at radius 3 is 2.12 bits per heavy atom. The summed E-state index contributed by atoms with van der Waals surface area (Å²) in [4.78, 5) is 0. The average molecular weight is 356 g/mol. The molecule has 1 fully saturated rings. The fraction of sp³-hybridized carbons (Fsp3) is 0.478. The molecule has 0 unspecified atom stereocenters. The minimum atomic E-state index is -0.196. The number of unbranched alkanes of at least 4 members (excludes halogenated alkanes) is 2. The molecule has 3 heteroatoms. The quantitative estimate of drug-likeness (QED) is 0.569. The molecule has 0 spiro atoms. The van der Waals surface area contributed by atoms with E-state index in [1.165, 1.54) is 42.5 Å². The highest BCUT2D eigenvalue weighted by molar-refractivity contribution is 5.26. The Morgan fingerprint density at radius 1 is 0.846 bits per heavy atom. The van der Waals surface area contributed by atoms with Crippen LogP contribution in [0.2, 0.25) is 0 Å². The van der Waals surface area contributed by atoms with Gasteiger partial charge in [0, 0.05) is 12.3 Å². The van der Waals surface area contributed by atoms with Crippen molar-refractivity contribution in [1.29, 1.82) is 0 Å². The number of hydrogen-bond donors (Lipinski definition) is 0. The molecule has 140 valence electrons. The lowest BCUT2D eigenvalue weighted by molar-refractivity contribution is -0.189. The van der Waals surface area contributed by atoms with E-state index in [-0.39, 0.29) is 12.1 Å². The van der Waals surface area contributed by atoms with Crippen LogP contribution in [0.1, 0.15) is 55.2 Å². The second-order valence-electron chi connectivity index (χ2n) is 7.16. The molecular weight excluding hydrogens is 327 g/mol. The third-order valence-corrected chi connectivity index (χ3v) is 5.07. The molecule has 0 atom stereocenters. The summed E-state index contributed by atoms with van der Waals surface area (Å²) in [5.41, 5.74) is 3.82. The van der Waals surface area contributed by atoms with Gasteiger partial charge in [-0.1, -0.05) is 56.2 Å². The second kappa shape index (κ2) is 9.84. The third-order valence-electron chi connectivity index (χ3n) is 5.07. The Morgan fingerprint density at radius 2 is 1.46 bits per heavy atom. The molecule has 2 nitrogen and oxygen atoms in total. The summed E-state index contributed by atoms with van der Waals surface area (Å²) in [5.74, 6) is 0.111. The van der Waals surface area contributed by atoms with Gasteiger partial charge in [-0.05, 0) is 48.1 Å². The molecule has 26 heavy (non-hydrogen) atoms. The van der Waals surface area contributed by atoms with E-state index in [9.17, 15) is 4.39 Å². The molecule has 0 bridgehead atoms. The summed E-state index contributed by atoms with van der Waals surface area (Å²) in [6.45, 7) is 3.63. The number of aryl methyl sites for hydroxylation is 2. The smallest absolute Gasteiger partial charge is 0.157 e. The lowest BCUT2D eigenvalue weighted by Crippen LogP contribution is -2.31. The van der Waals surface area contributed by atoms with Gasteiger partial charge in [-0.3, -0.25) is 0 Å². The van der Waals surface area contributed by atoms with Crippen LogP contribution in [0.3, 0.4) is 0 Å². The first-order valence-electron chi connectivity index (χ1n) is 9.81. The minimum Gasteiger partial charge on any atom is -0.352 e. The van der Waals surface area contributed by atoms with Gasteiger partial charge in [0.1, 0.15) is 5.82 Å². The van der Waals surface area contributed by atoms with Gasteiger partial charge >= 0.3 is 0 Å². The van der Waals surface area contributed by atoms with E-state index >= 15 is 0 Å². The molecule has 0 saturated carbocycles. The highest BCUT2D eigenvalue weighted by atomic mass is 19.1. The lowest BCUT2D eigenvalue weighted by atomic mass is 9.97. The van der Waals surface area contributed by atoms with Gasteiger partial charge in [-0.15, -0.1) is 0 Å². The van der Waals surface area contributed by atoms with E-state index in [1.807, 2.05) is 12.1 Å². The van der Waals surface area contributed by atoms with Gasteiger partial charge in [0.25, 0.3) is 0 Å². The van der Waals surface area contributed by atoms with Gasteiger partial charge < -0.3 is 9.47 Å². The van der Waals surface area contributed by atoms with Crippen LogP contribution in [0.15, 0.2) is 48.5 Å². The Bertz CT molecular complexity index is 643. The van der Waals surface area contributed by atoms with E-state index in [0.717, 1.165) is 24.8 Å². The fourth-order valence-electron chi connectivity index (χ4n) is 3.37. The van der Waals surface area contributed by atoms with Crippen molar-refractivity contribution < 1.29 is 13.9 Å². The maximum Gasteiger partial charge on any atom is 0.157 e. The van der Waals surface area contributed by atoms with Crippen LogP contribution in [0.4, 0.5) is 4.39 Å². The highest BCUT2D eigenvalue weighted by Gasteiger charge is 2.23. The standard InChI is InChI=1S/C23H29FO2/c1-2-3-4-5-18-6-11-20(12-7-18)21-16-25-23(26-17-21)15-10-19-8-13-22(24)14-9-19/h6-9,11-14,21,23H,2-5,10,15-17H2,1H3. The monoisotopic (exact) mass is 356 g/mol. The first-order chi connectivity index (χ1) is 12.7. The summed E-state index contributed by atoms with van der Waals surface area (Å²) in [7, 11) is 0. The Balaban J connectivity index is 1.42. The molecule has 0 radical (unpaired) electrons. The zero-order valence-corrected chi connectivity index (χ0v) is 15.6. The van der Waals surface area contributed by atoms with Crippen molar-refractivity contribution in [2.75, 3.05) is 13.2 Å². The molecule has 0 aliphatic carbocycles. The van der Waals surface area contributed by atoms with Crippen LogP contribution in [0, 0.1) is 5.82 Å². The molecule has 1 saturated heterocycles. The van der Waals surface area contributed by atoms with Crippen molar-refractivity contribution >= 4 is 0 Å². The maximum absolute atomic E-state index is 12.9. The Hall–Kier alpha value is -1.71. The van der Waals surface area contributed by atoms with E-state index in [1.54, 1.807) is 0 Å². The molecule has 0 aromatic heterocycles. The predicted molar refractivity (Wildman–Crippen MR) is 103 cm³/mol. The number of ether oxygens (including phenoxy) is 2. The summed E-state index contributed by atoms with van der Waals surface area (Å²) in [5, 5.41) is 0. The average Bonchev–Trinajstić information content (AvgIpc) is 2.69. The van der Waals surface area contributed by atoms with Crippen LogP contribution in [-0.2, 0) is 22.3 Å². The van der Waals surface area contributed by atoms with Gasteiger partial charge in [0.2, 0.25) is 0 Å². The van der Waals surface area contributed by atoms with E-state index in [0.29, 0.717) is 19.1 Å². The highest BCUT2D eigenvalue weighted by Crippen LogP contribution is 2.25. The van der Waals surface area contributed by atoms with Crippen LogP contribution in [0.25, 0.3) is 0 Å². The normalized spacial score (nSPS) is 20.2. The van der Waals surface area contributed by atoms with Crippen molar-refractivity contribution in [3.8, 4) is 0 Å². The lowest BCUT2D eigenvalue weighted by Gasteiger charge is -2.30. The van der Waals surface area contributed by atoms with Gasteiger partial charge in [-0.25, -0.2) is 4.39 Å². The SMILES string of the molecule is CCCCCc1ccc(C2COC(CCc3ccc(F)cc3)OC2)cc1. The molecule has 1 aliphatic rings. The van der Waals surface area contributed by atoms with Crippen molar-refractivity contribution in [2.24, 2.45) is 0 Å². The molecule has 3 rings (SSSR count). The molecule has 0 N–H and O–H groups in total. The molecule has 1 heterocycles. The van der Waals surface area contributed by atoms with Crippen molar-refractivity contribution in [3.05, 3.63) is 71.0 Å². The van der Waals surface area contributed by atoms with Crippen molar-refractivity contribution in [1.82, 2.24) is 0 Å². The number of benzene rings is 2. The zero-order valence-electron chi connectivity index (χ0n) is 15.6. The third kappa shape index (κ3) is 5.65. The largest absolute Gasteiger partial charge is 0.352 e. The summed E-state index contributed by atoms with van der Waals surface area (Å²) in [6, 6.07) is 15.6. The number of rotatable bonds is 8. The summed E-state index contributed by atoms with van der Waals surface area (Å²) in [6.07, 6.45) is 6.46. The van der Waals surface area contributed by atoms with Crippen molar-refractivity contribution in [3.63, 3.8) is 0 Å². The van der Waals surface area contributed by atoms with E-state index in [4.69, 9.17) is 9.47 Å². The molecule has 1 aliphatic heterocycles. The Labute approximate surface area is 156 Å². The summed E-state index contributed by atoms with van der Waals surface area (Å²) < 4.78 is 24.7. The Kier molecular flexibility index (Phi) is 7.22. The van der Waals surface area contributed by atoms with Crippen molar-refractivity contribution in [2.45, 2.75) is 57.7 Å². The molecule has 0 amide bonds. The molecule has 2 aromatic rings. The minimum absolute atomic E-state index is 0.162. The first-order valence-corrected chi connectivity index (χ1v) is 9.81. The van der Waals surface area contributed by atoms with Crippen LogP contribution < -0.4 is 0 Å². The topological polar surface area (TPSA) is 18.5 Å². The van der Waals surface area contributed by atoms with Gasteiger partial charge in [0.05, 0.1) is 13.2 Å². The second-order valence-corrected chi connectivity index (χ2v) is 7.16. The van der Waals surface area contributed by atoms with Gasteiger partial charge in [0.15, 0.2) is 6.29 Å². The van der Waals surface area contributed by atoms with E-state index < -0.39 is 0 Å². The van der Waals surface area contributed by atoms with Crippen LogP contribution in [-0.4, -0.2) is 19.5 Å². The number of hydrogen-bond acceptors (Lipinski definition) is 2. The maximum atomic E-state index is 12.9. The predicted octanol–water partition coefficient (Wildman–Crippen LogP) is 5.65. The summed E-state index contributed by atoms with van der Waals surface area (Å²) >= 11 is 0. The number of halogens is 1. The van der Waals surface area contributed by atoms with Crippen LogP contribution >= 0.6 is 0 Å².